The molecule has 2 N–H and O–H groups in total. The molecule has 0 aromatic heterocycles. The van der Waals surface area contributed by atoms with E-state index in [-0.39, 0.29) is 17.7 Å². The van der Waals surface area contributed by atoms with E-state index in [0.717, 1.165) is 39.1 Å². The van der Waals surface area contributed by atoms with Crippen molar-refractivity contribution < 1.29 is 5.11 Å². The van der Waals surface area contributed by atoms with Gasteiger partial charge in [-0.3, -0.25) is 9.80 Å². The van der Waals surface area contributed by atoms with Gasteiger partial charge < -0.3 is 10.4 Å². The van der Waals surface area contributed by atoms with Crippen LogP contribution in [0.15, 0.2) is 0 Å². The molecule has 1 saturated heterocycles. The summed E-state index contributed by atoms with van der Waals surface area (Å²) in [5.74, 6) is 0. The predicted octanol–water partition coefficient (Wildman–Crippen LogP) is 0.763. The largest absolute Gasteiger partial charge is 0.394 e. The maximum Gasteiger partial charge on any atom is 0.0623 e. The van der Waals surface area contributed by atoms with Crippen molar-refractivity contribution in [3.63, 3.8) is 0 Å². The highest BCUT2D eigenvalue weighted by Gasteiger charge is 2.34. The quantitative estimate of drug-likeness (QED) is 0.737. The molecule has 0 aliphatic carbocycles. The Morgan fingerprint density at radius 3 is 2.50 bits per heavy atom. The Balaban J connectivity index is 2.55. The Morgan fingerprint density at radius 2 is 2.00 bits per heavy atom. The predicted molar refractivity (Wildman–Crippen MR) is 76.9 cm³/mol. The van der Waals surface area contributed by atoms with Gasteiger partial charge >= 0.3 is 0 Å². The lowest BCUT2D eigenvalue weighted by molar-refractivity contribution is 0.0175. The molecule has 0 saturated carbocycles. The summed E-state index contributed by atoms with van der Waals surface area (Å²) in [7, 11) is 2.19. The minimum Gasteiger partial charge on any atom is -0.394 e. The van der Waals surface area contributed by atoms with Gasteiger partial charge in [0.25, 0.3) is 0 Å². The number of rotatable bonds is 6. The Labute approximate surface area is 112 Å². The zero-order chi connectivity index (χ0) is 13.8. The fraction of sp³-hybridized carbons (Fsp3) is 1.00. The maximum absolute atomic E-state index is 9.63. The van der Waals surface area contributed by atoms with Gasteiger partial charge in [-0.05, 0) is 40.8 Å². The van der Waals surface area contributed by atoms with E-state index in [1.54, 1.807) is 0 Å². The van der Waals surface area contributed by atoms with E-state index in [0.29, 0.717) is 0 Å². The van der Waals surface area contributed by atoms with Crippen LogP contribution in [0.2, 0.25) is 0 Å². The highest BCUT2D eigenvalue weighted by Crippen LogP contribution is 2.20. The summed E-state index contributed by atoms with van der Waals surface area (Å²) in [5, 5.41) is 13.1. The van der Waals surface area contributed by atoms with E-state index in [1.807, 2.05) is 0 Å². The summed E-state index contributed by atoms with van der Waals surface area (Å²) in [6, 6.07) is 0. The van der Waals surface area contributed by atoms with Crippen molar-refractivity contribution in [2.24, 2.45) is 0 Å². The van der Waals surface area contributed by atoms with Crippen LogP contribution in [0.4, 0.5) is 0 Å². The smallest absolute Gasteiger partial charge is 0.0623 e. The Kier molecular flexibility index (Phi) is 5.59. The van der Waals surface area contributed by atoms with Gasteiger partial charge in [-0.1, -0.05) is 6.92 Å². The summed E-state index contributed by atoms with van der Waals surface area (Å²) < 4.78 is 0. The number of piperazine rings is 1. The fourth-order valence-corrected chi connectivity index (χ4v) is 2.56. The first-order chi connectivity index (χ1) is 8.33. The van der Waals surface area contributed by atoms with E-state index in [4.69, 9.17) is 0 Å². The van der Waals surface area contributed by atoms with Crippen LogP contribution in [0, 0.1) is 0 Å². The van der Waals surface area contributed by atoms with Gasteiger partial charge in [0.05, 0.1) is 12.1 Å². The van der Waals surface area contributed by atoms with Crippen molar-refractivity contribution in [2.45, 2.75) is 45.2 Å². The van der Waals surface area contributed by atoms with Crippen LogP contribution in [-0.4, -0.2) is 72.4 Å². The normalized spacial score (nSPS) is 25.0. The molecule has 1 fully saturated rings. The molecule has 1 atom stereocenters. The average molecular weight is 257 g/mol. The molecule has 1 aliphatic rings. The molecule has 1 unspecified atom stereocenters. The van der Waals surface area contributed by atoms with Gasteiger partial charge in [-0.15, -0.1) is 0 Å². The van der Waals surface area contributed by atoms with Crippen LogP contribution in [0.1, 0.15) is 34.1 Å². The van der Waals surface area contributed by atoms with Crippen molar-refractivity contribution in [2.75, 3.05) is 46.4 Å². The number of likely N-dealkylation sites (N-methyl/N-ethyl adjacent to an activating group) is 1. The zero-order valence-corrected chi connectivity index (χ0v) is 12.8. The van der Waals surface area contributed by atoms with E-state index in [2.05, 4.69) is 49.9 Å². The van der Waals surface area contributed by atoms with Crippen molar-refractivity contribution in [3.8, 4) is 0 Å². The van der Waals surface area contributed by atoms with Crippen molar-refractivity contribution in [1.82, 2.24) is 15.1 Å². The lowest BCUT2D eigenvalue weighted by Gasteiger charge is -2.47. The van der Waals surface area contributed by atoms with Crippen molar-refractivity contribution in [1.29, 1.82) is 0 Å². The van der Waals surface area contributed by atoms with E-state index in [1.165, 1.54) is 0 Å². The first-order valence-corrected chi connectivity index (χ1v) is 7.12. The summed E-state index contributed by atoms with van der Waals surface area (Å²) in [4.78, 5) is 4.89. The lowest BCUT2D eigenvalue weighted by Crippen LogP contribution is -2.62. The third-order valence-electron chi connectivity index (χ3n) is 4.12. The van der Waals surface area contributed by atoms with Gasteiger partial charge in [0.2, 0.25) is 0 Å². The SMILES string of the molecule is CCCNC(C)(CO)CN1CCN(C)C(C)(C)C1. The molecule has 4 nitrogen and oxygen atoms in total. The van der Waals surface area contributed by atoms with Crippen molar-refractivity contribution >= 4 is 0 Å². The summed E-state index contributed by atoms with van der Waals surface area (Å²) >= 11 is 0. The molecule has 0 radical (unpaired) electrons. The first-order valence-electron chi connectivity index (χ1n) is 7.12. The average Bonchev–Trinajstić information content (AvgIpc) is 2.31. The van der Waals surface area contributed by atoms with Crippen LogP contribution in [-0.2, 0) is 0 Å². The molecule has 1 rings (SSSR count). The highest BCUT2D eigenvalue weighted by molar-refractivity contribution is 4.93. The molecule has 18 heavy (non-hydrogen) atoms. The second-order valence-corrected chi connectivity index (χ2v) is 6.59. The van der Waals surface area contributed by atoms with Crippen LogP contribution in [0.5, 0.6) is 0 Å². The monoisotopic (exact) mass is 257 g/mol. The highest BCUT2D eigenvalue weighted by atomic mass is 16.3. The fourth-order valence-electron chi connectivity index (χ4n) is 2.56. The van der Waals surface area contributed by atoms with Gasteiger partial charge in [0.15, 0.2) is 0 Å². The Morgan fingerprint density at radius 1 is 1.33 bits per heavy atom. The van der Waals surface area contributed by atoms with Crippen molar-refractivity contribution in [3.05, 3.63) is 0 Å². The number of nitrogens with zero attached hydrogens (tertiary/aromatic N) is 2. The second-order valence-electron chi connectivity index (χ2n) is 6.59. The van der Waals surface area contributed by atoms with E-state index >= 15 is 0 Å². The lowest BCUT2D eigenvalue weighted by atomic mass is 9.96. The molecule has 0 aromatic carbocycles. The third kappa shape index (κ3) is 4.19. The molecular formula is C14H31N3O. The van der Waals surface area contributed by atoms with E-state index < -0.39 is 0 Å². The zero-order valence-electron chi connectivity index (χ0n) is 12.8. The summed E-state index contributed by atoms with van der Waals surface area (Å²) in [6.45, 7) is 14.2. The molecule has 0 spiro atoms. The minimum absolute atomic E-state index is 0.179. The maximum atomic E-state index is 9.63. The van der Waals surface area contributed by atoms with Gasteiger partial charge in [-0.2, -0.15) is 0 Å². The van der Waals surface area contributed by atoms with Gasteiger partial charge in [0.1, 0.15) is 0 Å². The standard InChI is InChI=1S/C14H31N3O/c1-6-7-15-14(4,12-18)11-17-9-8-16(5)13(2,3)10-17/h15,18H,6-12H2,1-5H3. The number of aliphatic hydroxyl groups is 1. The molecular weight excluding hydrogens is 226 g/mol. The van der Waals surface area contributed by atoms with Crippen LogP contribution in [0.3, 0.4) is 0 Å². The van der Waals surface area contributed by atoms with Crippen LogP contribution < -0.4 is 5.32 Å². The summed E-state index contributed by atoms with van der Waals surface area (Å²) in [6.07, 6.45) is 1.10. The van der Waals surface area contributed by atoms with Crippen LogP contribution >= 0.6 is 0 Å². The van der Waals surface area contributed by atoms with E-state index in [9.17, 15) is 5.11 Å². The molecule has 1 heterocycles. The topological polar surface area (TPSA) is 38.7 Å². The molecule has 108 valence electrons. The first kappa shape index (κ1) is 15.9. The van der Waals surface area contributed by atoms with Gasteiger partial charge in [-0.25, -0.2) is 0 Å². The second kappa shape index (κ2) is 6.33. The molecule has 0 aromatic rings. The third-order valence-corrected chi connectivity index (χ3v) is 4.12. The Bertz CT molecular complexity index is 257. The summed E-state index contributed by atoms with van der Waals surface area (Å²) in [5.41, 5.74) is 0.0430. The molecule has 0 bridgehead atoms. The minimum atomic E-state index is -0.179. The number of aliphatic hydroxyl groups excluding tert-OH is 1. The molecule has 4 heteroatoms. The number of hydrogen-bond acceptors (Lipinski definition) is 4. The van der Waals surface area contributed by atoms with Crippen LogP contribution in [0.25, 0.3) is 0 Å². The molecule has 0 amide bonds. The Hall–Kier alpha value is -0.160. The van der Waals surface area contributed by atoms with Gasteiger partial charge in [0, 0.05) is 31.7 Å². The number of hydrogen-bond donors (Lipinski definition) is 2. The molecule has 1 aliphatic heterocycles. The number of nitrogens with one attached hydrogen (secondary N) is 1.